The van der Waals surface area contributed by atoms with E-state index < -0.39 is 0 Å². The van der Waals surface area contributed by atoms with Crippen molar-refractivity contribution >= 4 is 5.88 Å². The van der Waals surface area contributed by atoms with Crippen LogP contribution in [0.15, 0.2) is 34.9 Å². The van der Waals surface area contributed by atoms with Crippen LogP contribution in [0.25, 0.3) is 0 Å². The first kappa shape index (κ1) is 12.9. The van der Waals surface area contributed by atoms with Gasteiger partial charge in [-0.2, -0.15) is 5.01 Å². The number of anilines is 1. The lowest BCUT2D eigenvalue weighted by Gasteiger charge is -2.30. The summed E-state index contributed by atoms with van der Waals surface area (Å²) in [6.07, 6.45) is 0. The highest BCUT2D eigenvalue weighted by molar-refractivity contribution is 5.23. The zero-order chi connectivity index (χ0) is 13.9. The summed E-state index contributed by atoms with van der Waals surface area (Å²) in [5.74, 6) is 0.386. The molecule has 0 unspecified atom stereocenters. The third kappa shape index (κ3) is 2.60. The van der Waals surface area contributed by atoms with Crippen LogP contribution in [-0.4, -0.2) is 36.4 Å². The summed E-state index contributed by atoms with van der Waals surface area (Å²) in [5.41, 5.74) is 7.91. The normalized spacial score (nSPS) is 16.6. The van der Waals surface area contributed by atoms with E-state index in [1.54, 1.807) is 4.79 Å². The highest BCUT2D eigenvalue weighted by Crippen LogP contribution is 2.08. The van der Waals surface area contributed by atoms with Gasteiger partial charge < -0.3 is 5.73 Å². The predicted octanol–water partition coefficient (Wildman–Crippen LogP) is 0.307. The van der Waals surface area contributed by atoms with Crippen LogP contribution in [0.2, 0.25) is 0 Å². The lowest BCUT2D eigenvalue weighted by atomic mass is 10.2. The molecule has 1 aliphatic rings. The van der Waals surface area contributed by atoms with Gasteiger partial charge in [-0.15, -0.1) is 0 Å². The van der Waals surface area contributed by atoms with Gasteiger partial charge in [0.2, 0.25) is 5.27 Å². The molecular weight excluding hydrogens is 254 g/mol. The molecule has 0 radical (unpaired) electrons. The van der Waals surface area contributed by atoms with E-state index in [0.717, 1.165) is 38.4 Å². The van der Waals surface area contributed by atoms with Crippen molar-refractivity contribution in [2.75, 3.05) is 36.9 Å². The minimum atomic E-state index is 0.386. The summed E-state index contributed by atoms with van der Waals surface area (Å²) >= 11 is 0. The largest absolute Gasteiger partial charge is 0.362 e. The van der Waals surface area contributed by atoms with Crippen molar-refractivity contribution in [2.45, 2.75) is 13.5 Å². The second-order valence-corrected chi connectivity index (χ2v) is 5.13. The van der Waals surface area contributed by atoms with Crippen LogP contribution in [0.5, 0.6) is 0 Å². The Bertz CT molecular complexity index is 560. The summed E-state index contributed by atoms with van der Waals surface area (Å²) in [6.45, 7) is 6.78. The fourth-order valence-corrected chi connectivity index (χ4v) is 2.50. The average molecular weight is 274 g/mol. The van der Waals surface area contributed by atoms with Crippen molar-refractivity contribution in [1.29, 1.82) is 0 Å². The molecular formula is C14H20N5O+. The molecule has 0 saturated carbocycles. The van der Waals surface area contributed by atoms with Gasteiger partial charge in [-0.3, -0.25) is 9.42 Å². The van der Waals surface area contributed by atoms with E-state index in [-0.39, 0.29) is 0 Å². The molecule has 0 atom stereocenters. The molecule has 1 fully saturated rings. The van der Waals surface area contributed by atoms with E-state index in [2.05, 4.69) is 45.5 Å². The second kappa shape index (κ2) is 5.50. The quantitative estimate of drug-likeness (QED) is 0.816. The van der Waals surface area contributed by atoms with Crippen LogP contribution >= 0.6 is 0 Å². The first-order valence-electron chi connectivity index (χ1n) is 6.89. The van der Waals surface area contributed by atoms with Crippen molar-refractivity contribution in [3.05, 3.63) is 41.6 Å². The molecule has 2 aromatic rings. The number of rotatable bonds is 3. The highest BCUT2D eigenvalue weighted by Gasteiger charge is 2.29. The van der Waals surface area contributed by atoms with Gasteiger partial charge in [-0.25, -0.2) is 0 Å². The van der Waals surface area contributed by atoms with Gasteiger partial charge in [0.05, 0.1) is 17.9 Å². The molecule has 1 aromatic heterocycles. The van der Waals surface area contributed by atoms with Gasteiger partial charge in [-0.1, -0.05) is 30.3 Å². The number of aromatic nitrogens is 2. The van der Waals surface area contributed by atoms with Gasteiger partial charge >= 0.3 is 5.69 Å². The number of nitrogens with two attached hydrogens (primary N) is 1. The highest BCUT2D eigenvalue weighted by atomic mass is 16.5. The molecule has 2 N–H and O–H groups in total. The Kier molecular flexibility index (Phi) is 3.56. The Hall–Kier alpha value is -2.08. The maximum absolute atomic E-state index is 5.69. The van der Waals surface area contributed by atoms with Gasteiger partial charge in [-0.05, 0) is 5.56 Å². The summed E-state index contributed by atoms with van der Waals surface area (Å²) in [7, 11) is 0. The van der Waals surface area contributed by atoms with E-state index in [4.69, 9.17) is 10.3 Å². The second-order valence-electron chi connectivity index (χ2n) is 5.13. The van der Waals surface area contributed by atoms with Crippen molar-refractivity contribution in [3.63, 3.8) is 0 Å². The maximum atomic E-state index is 5.69. The Morgan fingerprint density at radius 3 is 2.50 bits per heavy atom. The average Bonchev–Trinajstić information content (AvgIpc) is 2.81. The predicted molar refractivity (Wildman–Crippen MR) is 75.5 cm³/mol. The molecule has 1 aliphatic heterocycles. The van der Waals surface area contributed by atoms with E-state index in [1.165, 1.54) is 5.56 Å². The van der Waals surface area contributed by atoms with Crippen LogP contribution in [0.4, 0.5) is 5.88 Å². The number of benzene rings is 1. The van der Waals surface area contributed by atoms with Crippen LogP contribution < -0.4 is 15.5 Å². The standard InChI is InChI=1S/C14H20N5O/c1-12-14(15)20-16-19(12)18-9-7-17(8-10-18)11-13-5-3-2-4-6-13/h2-6H,7-11,15H2,1H3/q+1. The lowest BCUT2D eigenvalue weighted by Crippen LogP contribution is -2.66. The van der Waals surface area contributed by atoms with Gasteiger partial charge in [0, 0.05) is 26.6 Å². The van der Waals surface area contributed by atoms with Crippen LogP contribution in [0, 0.1) is 6.92 Å². The Labute approximate surface area is 118 Å². The van der Waals surface area contributed by atoms with Crippen molar-refractivity contribution in [2.24, 2.45) is 0 Å². The summed E-state index contributed by atoms with van der Waals surface area (Å²) in [4.78, 5) is 4.22. The van der Waals surface area contributed by atoms with Crippen molar-refractivity contribution in [3.8, 4) is 0 Å². The van der Waals surface area contributed by atoms with E-state index >= 15 is 0 Å². The Morgan fingerprint density at radius 1 is 1.20 bits per heavy atom. The molecule has 0 bridgehead atoms. The zero-order valence-electron chi connectivity index (χ0n) is 11.7. The van der Waals surface area contributed by atoms with E-state index in [0.29, 0.717) is 5.88 Å². The van der Waals surface area contributed by atoms with E-state index in [9.17, 15) is 0 Å². The molecule has 2 heterocycles. The monoisotopic (exact) mass is 274 g/mol. The molecule has 3 rings (SSSR count). The molecule has 6 heteroatoms. The van der Waals surface area contributed by atoms with Gasteiger partial charge in [0.1, 0.15) is 0 Å². The Balaban J connectivity index is 1.58. The summed E-state index contributed by atoms with van der Waals surface area (Å²) in [5, 5.41) is 6.14. The van der Waals surface area contributed by atoms with Crippen LogP contribution in [-0.2, 0) is 6.54 Å². The molecule has 106 valence electrons. The topological polar surface area (TPSA) is 62.4 Å². The van der Waals surface area contributed by atoms with E-state index in [1.807, 2.05) is 6.92 Å². The lowest BCUT2D eigenvalue weighted by molar-refractivity contribution is -0.764. The zero-order valence-corrected chi connectivity index (χ0v) is 11.7. The SMILES string of the molecule is Cc1c(N)on[n+]1N1CCN(Cc2ccccc2)CC1. The summed E-state index contributed by atoms with van der Waals surface area (Å²) < 4.78 is 5.01. The van der Waals surface area contributed by atoms with Crippen molar-refractivity contribution in [1.82, 2.24) is 10.2 Å². The molecule has 0 spiro atoms. The van der Waals surface area contributed by atoms with Gasteiger partial charge in [0.25, 0.3) is 5.88 Å². The first-order chi connectivity index (χ1) is 9.74. The van der Waals surface area contributed by atoms with Crippen molar-refractivity contribution < 1.29 is 9.31 Å². The fourth-order valence-electron chi connectivity index (χ4n) is 2.50. The number of nitrogen functional groups attached to an aromatic ring is 1. The minimum absolute atomic E-state index is 0.386. The third-order valence-electron chi connectivity index (χ3n) is 3.74. The molecule has 1 saturated heterocycles. The number of nitrogens with zero attached hydrogens (tertiary/aromatic N) is 4. The number of piperazine rings is 1. The molecule has 6 nitrogen and oxygen atoms in total. The number of hydrogen-bond acceptors (Lipinski definition) is 5. The smallest absolute Gasteiger partial charge is 0.304 e. The van der Waals surface area contributed by atoms with Gasteiger partial charge in [0.15, 0.2) is 0 Å². The molecule has 20 heavy (non-hydrogen) atoms. The fraction of sp³-hybridized carbons (Fsp3) is 0.429. The summed E-state index contributed by atoms with van der Waals surface area (Å²) in [6, 6.07) is 10.6. The minimum Gasteiger partial charge on any atom is -0.362 e. The molecule has 0 amide bonds. The Morgan fingerprint density at radius 2 is 1.90 bits per heavy atom. The molecule has 0 aliphatic carbocycles. The first-order valence-corrected chi connectivity index (χ1v) is 6.89. The van der Waals surface area contributed by atoms with Crippen LogP contribution in [0.1, 0.15) is 11.3 Å². The van der Waals surface area contributed by atoms with Crippen LogP contribution in [0.3, 0.4) is 0 Å². The maximum Gasteiger partial charge on any atom is 0.304 e. The number of hydrogen-bond donors (Lipinski definition) is 1. The third-order valence-corrected chi connectivity index (χ3v) is 3.74. The molecule has 1 aromatic carbocycles.